The molecule has 1 aromatic carbocycles. The van der Waals surface area contributed by atoms with Gasteiger partial charge in [0.15, 0.2) is 5.58 Å². The summed E-state index contributed by atoms with van der Waals surface area (Å²) in [5.74, 6) is 0.624. The van der Waals surface area contributed by atoms with E-state index in [1.54, 1.807) is 6.92 Å². The van der Waals surface area contributed by atoms with Crippen LogP contribution in [0, 0.1) is 6.92 Å². The molecular weight excluding hydrogens is 178 g/mol. The molecule has 3 nitrogen and oxygen atoms in total. The zero-order chi connectivity index (χ0) is 10.1. The van der Waals surface area contributed by atoms with E-state index >= 15 is 0 Å². The highest BCUT2D eigenvalue weighted by atomic mass is 16.3. The summed E-state index contributed by atoms with van der Waals surface area (Å²) in [6.45, 7) is 3.58. The Morgan fingerprint density at radius 3 is 3.00 bits per heavy atom. The summed E-state index contributed by atoms with van der Waals surface area (Å²) in [5, 5.41) is 9.05. The zero-order valence-electron chi connectivity index (χ0n) is 8.11. The number of aliphatic hydroxyl groups is 1. The summed E-state index contributed by atoms with van der Waals surface area (Å²) in [5.41, 5.74) is 2.70. The molecule has 0 unspecified atom stereocenters. The maximum Gasteiger partial charge on any atom is 0.223 e. The summed E-state index contributed by atoms with van der Waals surface area (Å²) >= 11 is 0. The highest BCUT2D eigenvalue weighted by Crippen LogP contribution is 2.18. The monoisotopic (exact) mass is 189 g/mol. The van der Waals surface area contributed by atoms with Crippen LogP contribution in [0.3, 0.4) is 0 Å². The second kappa shape index (κ2) is 3.18. The van der Waals surface area contributed by atoms with E-state index < -0.39 is 0 Å². The van der Waals surface area contributed by atoms with Gasteiger partial charge in [0, 0.05) is 6.08 Å². The summed E-state index contributed by atoms with van der Waals surface area (Å²) in [4.78, 5) is 4.21. The number of aromatic nitrogens is 1. The third-order valence-electron chi connectivity index (χ3n) is 1.89. The van der Waals surface area contributed by atoms with Crippen molar-refractivity contribution >= 4 is 17.2 Å². The van der Waals surface area contributed by atoms with Crippen LogP contribution in [-0.4, -0.2) is 10.1 Å². The van der Waals surface area contributed by atoms with Crippen LogP contribution in [0.2, 0.25) is 0 Å². The Morgan fingerprint density at radius 2 is 2.29 bits per heavy atom. The predicted molar refractivity (Wildman–Crippen MR) is 55.0 cm³/mol. The molecule has 0 spiro atoms. The van der Waals surface area contributed by atoms with E-state index in [1.807, 2.05) is 25.1 Å². The van der Waals surface area contributed by atoms with Crippen molar-refractivity contribution in [2.45, 2.75) is 13.8 Å². The minimum absolute atomic E-state index is 0.188. The van der Waals surface area contributed by atoms with E-state index in [9.17, 15) is 0 Å². The third-order valence-corrected chi connectivity index (χ3v) is 1.89. The molecule has 0 aliphatic carbocycles. The molecule has 72 valence electrons. The standard InChI is InChI=1S/C11H11NO2/c1-7-3-4-10-9(5-7)12-11(14-10)6-8(2)13/h3-6,13H,1-2H3/b8-6-. The molecule has 0 amide bonds. The molecule has 0 saturated carbocycles. The SMILES string of the molecule is C/C(O)=C/c1nc2cc(C)ccc2o1. The Morgan fingerprint density at radius 1 is 1.50 bits per heavy atom. The Balaban J connectivity index is 2.57. The van der Waals surface area contributed by atoms with Crippen molar-refractivity contribution in [3.63, 3.8) is 0 Å². The first kappa shape index (κ1) is 8.81. The van der Waals surface area contributed by atoms with E-state index in [0.717, 1.165) is 16.7 Å². The fraction of sp³-hybridized carbons (Fsp3) is 0.182. The van der Waals surface area contributed by atoms with Crippen LogP contribution in [0.25, 0.3) is 17.2 Å². The second-order valence-corrected chi connectivity index (χ2v) is 3.31. The fourth-order valence-electron chi connectivity index (χ4n) is 1.30. The van der Waals surface area contributed by atoms with E-state index in [0.29, 0.717) is 5.89 Å². The Hall–Kier alpha value is -1.77. The first-order valence-electron chi connectivity index (χ1n) is 4.39. The van der Waals surface area contributed by atoms with Crippen molar-refractivity contribution in [1.82, 2.24) is 4.98 Å². The predicted octanol–water partition coefficient (Wildman–Crippen LogP) is 3.06. The number of hydrogen-bond acceptors (Lipinski definition) is 3. The Bertz CT molecular complexity index is 493. The summed E-state index contributed by atoms with van der Waals surface area (Å²) in [7, 11) is 0. The molecule has 0 radical (unpaired) electrons. The number of nitrogens with zero attached hydrogens (tertiary/aromatic N) is 1. The normalized spacial score (nSPS) is 12.3. The highest BCUT2D eigenvalue weighted by Gasteiger charge is 2.03. The van der Waals surface area contributed by atoms with Gasteiger partial charge in [0.2, 0.25) is 5.89 Å². The van der Waals surface area contributed by atoms with Crippen molar-refractivity contribution in [3.8, 4) is 0 Å². The van der Waals surface area contributed by atoms with Crippen molar-refractivity contribution < 1.29 is 9.52 Å². The van der Waals surface area contributed by atoms with Crippen molar-refractivity contribution in [3.05, 3.63) is 35.4 Å². The van der Waals surface area contributed by atoms with Gasteiger partial charge >= 0.3 is 0 Å². The largest absolute Gasteiger partial charge is 0.512 e. The van der Waals surface area contributed by atoms with Gasteiger partial charge in [-0.25, -0.2) is 4.98 Å². The number of fused-ring (bicyclic) bond motifs is 1. The lowest BCUT2D eigenvalue weighted by molar-refractivity contribution is 0.417. The first-order chi connectivity index (χ1) is 6.65. The van der Waals surface area contributed by atoms with Gasteiger partial charge in [0.05, 0.1) is 5.76 Å². The molecule has 0 saturated heterocycles. The zero-order valence-corrected chi connectivity index (χ0v) is 8.11. The maximum atomic E-state index is 9.05. The van der Waals surface area contributed by atoms with Crippen LogP contribution in [0.5, 0.6) is 0 Å². The minimum atomic E-state index is 0.188. The molecule has 14 heavy (non-hydrogen) atoms. The average molecular weight is 189 g/mol. The van der Waals surface area contributed by atoms with Crippen LogP contribution in [0.1, 0.15) is 18.4 Å². The van der Waals surface area contributed by atoms with Crippen LogP contribution < -0.4 is 0 Å². The summed E-state index contributed by atoms with van der Waals surface area (Å²) in [6.07, 6.45) is 1.50. The van der Waals surface area contributed by atoms with Crippen LogP contribution >= 0.6 is 0 Å². The minimum Gasteiger partial charge on any atom is -0.512 e. The van der Waals surface area contributed by atoms with Gasteiger partial charge in [0.25, 0.3) is 0 Å². The number of aliphatic hydroxyl groups excluding tert-OH is 1. The Labute approximate surface area is 81.7 Å². The molecule has 3 heteroatoms. The van der Waals surface area contributed by atoms with E-state index in [1.165, 1.54) is 6.08 Å². The fourth-order valence-corrected chi connectivity index (χ4v) is 1.30. The maximum absolute atomic E-state index is 9.05. The molecule has 2 aromatic rings. The van der Waals surface area contributed by atoms with Crippen molar-refractivity contribution in [2.75, 3.05) is 0 Å². The topological polar surface area (TPSA) is 46.3 Å². The van der Waals surface area contributed by atoms with Gasteiger partial charge in [-0.15, -0.1) is 0 Å². The number of oxazole rings is 1. The Kier molecular flexibility index (Phi) is 2.00. The van der Waals surface area contributed by atoms with Gasteiger partial charge in [0.1, 0.15) is 5.52 Å². The molecule has 1 aromatic heterocycles. The van der Waals surface area contributed by atoms with E-state index in [2.05, 4.69) is 4.98 Å². The molecule has 0 bridgehead atoms. The number of aryl methyl sites for hydroxylation is 1. The lowest BCUT2D eigenvalue weighted by atomic mass is 10.2. The molecule has 1 N–H and O–H groups in total. The number of allylic oxidation sites excluding steroid dienone is 1. The lowest BCUT2D eigenvalue weighted by Gasteiger charge is -1.87. The molecule has 0 fully saturated rings. The number of benzene rings is 1. The van der Waals surface area contributed by atoms with E-state index in [4.69, 9.17) is 9.52 Å². The number of rotatable bonds is 1. The van der Waals surface area contributed by atoms with Gasteiger partial charge < -0.3 is 9.52 Å². The quantitative estimate of drug-likeness (QED) is 0.701. The van der Waals surface area contributed by atoms with Gasteiger partial charge in [-0.1, -0.05) is 6.07 Å². The molecule has 1 heterocycles. The van der Waals surface area contributed by atoms with Crippen molar-refractivity contribution in [1.29, 1.82) is 0 Å². The third kappa shape index (κ3) is 1.62. The highest BCUT2D eigenvalue weighted by molar-refractivity contribution is 5.74. The second-order valence-electron chi connectivity index (χ2n) is 3.31. The average Bonchev–Trinajstić information content (AvgIpc) is 2.44. The van der Waals surface area contributed by atoms with Gasteiger partial charge in [-0.05, 0) is 31.5 Å². The first-order valence-corrected chi connectivity index (χ1v) is 4.39. The van der Waals surface area contributed by atoms with Gasteiger partial charge in [-0.3, -0.25) is 0 Å². The molecular formula is C11H11NO2. The smallest absolute Gasteiger partial charge is 0.223 e. The number of hydrogen-bond donors (Lipinski definition) is 1. The lowest BCUT2D eigenvalue weighted by Crippen LogP contribution is -1.74. The van der Waals surface area contributed by atoms with Crippen LogP contribution in [-0.2, 0) is 0 Å². The van der Waals surface area contributed by atoms with Gasteiger partial charge in [-0.2, -0.15) is 0 Å². The molecule has 0 atom stereocenters. The van der Waals surface area contributed by atoms with Crippen molar-refractivity contribution in [2.24, 2.45) is 0 Å². The van der Waals surface area contributed by atoms with Crippen LogP contribution in [0.4, 0.5) is 0 Å². The van der Waals surface area contributed by atoms with Crippen LogP contribution in [0.15, 0.2) is 28.4 Å². The van der Waals surface area contributed by atoms with E-state index in [-0.39, 0.29) is 5.76 Å². The summed E-state index contributed by atoms with van der Waals surface area (Å²) in [6, 6.07) is 5.79. The summed E-state index contributed by atoms with van der Waals surface area (Å²) < 4.78 is 5.39. The molecule has 0 aliphatic rings. The molecule has 0 aliphatic heterocycles. The molecule has 2 rings (SSSR count).